The first-order valence-corrected chi connectivity index (χ1v) is 2.86. The normalized spacial score (nSPS) is 9.82. The van der Waals surface area contributed by atoms with Gasteiger partial charge in [-0.3, -0.25) is 0 Å². The number of hydrogen-bond donors (Lipinski definition) is 2. The zero-order valence-corrected chi connectivity index (χ0v) is 5.57. The van der Waals surface area contributed by atoms with Crippen LogP contribution in [0.15, 0.2) is 0 Å². The van der Waals surface area contributed by atoms with Gasteiger partial charge in [-0.25, -0.2) is 4.79 Å². The summed E-state index contributed by atoms with van der Waals surface area (Å²) in [6.45, 7) is -0.219. The summed E-state index contributed by atoms with van der Waals surface area (Å²) in [5, 5.41) is 15.1. The number of carboxylic acids is 1. The summed E-state index contributed by atoms with van der Waals surface area (Å²) in [6.07, 6.45) is 2.35. The van der Waals surface area contributed by atoms with Crippen molar-refractivity contribution in [3.05, 3.63) is 12.2 Å². The van der Waals surface area contributed by atoms with Gasteiger partial charge >= 0.3 is 5.97 Å². The van der Waals surface area contributed by atoms with Gasteiger partial charge in [0.1, 0.15) is 13.2 Å². The van der Waals surface area contributed by atoms with Crippen LogP contribution < -0.4 is 0 Å². The third kappa shape index (κ3) is 2.76. The number of nitrogens with one attached hydrogen (secondary N) is 1. The lowest BCUT2D eigenvalue weighted by atomic mass is 10.6. The smallest absolute Gasteiger partial charge is 0.329 e. The molecule has 0 fully saturated rings. The second-order valence-electron chi connectivity index (χ2n) is 1.77. The number of H-pyrrole nitrogens is 1. The summed E-state index contributed by atoms with van der Waals surface area (Å²) in [6, 6.07) is 0. The Bertz CT molecular complexity index is 221. The fraction of sp³-hybridized carbons (Fsp3) is 0.400. The highest BCUT2D eigenvalue weighted by atomic mass is 16.5. The van der Waals surface area contributed by atoms with Crippen molar-refractivity contribution < 1.29 is 14.6 Å². The van der Waals surface area contributed by atoms with Crippen LogP contribution in [0.3, 0.4) is 0 Å². The highest BCUT2D eigenvalue weighted by molar-refractivity contribution is 5.67. The van der Waals surface area contributed by atoms with Gasteiger partial charge in [0.2, 0.25) is 0 Å². The fourth-order valence-electron chi connectivity index (χ4n) is 0.500. The lowest BCUT2D eigenvalue weighted by molar-refractivity contribution is -0.142. The van der Waals surface area contributed by atoms with E-state index in [0.29, 0.717) is 5.82 Å². The maximum absolute atomic E-state index is 9.95. The van der Waals surface area contributed by atoms with Gasteiger partial charge in [-0.05, 0) is 0 Å². The lowest BCUT2D eigenvalue weighted by Gasteiger charge is -1.94. The molecule has 1 aromatic heterocycles. The summed E-state index contributed by atoms with van der Waals surface area (Å²) in [7, 11) is 0. The van der Waals surface area contributed by atoms with E-state index < -0.39 is 5.97 Å². The summed E-state index contributed by atoms with van der Waals surface area (Å²) < 4.78 is 4.69. The van der Waals surface area contributed by atoms with Crippen molar-refractivity contribution in [3.63, 3.8) is 0 Å². The molecule has 0 spiro atoms. The molecule has 0 aliphatic rings. The average molecular weight is 156 g/mol. The SMILES string of the molecule is O=C(O)COCc1nn[c][nH]1. The third-order valence-electron chi connectivity index (χ3n) is 0.885. The topological polar surface area (TPSA) is 88.1 Å². The van der Waals surface area contributed by atoms with E-state index in [-0.39, 0.29) is 13.2 Å². The molecule has 1 heterocycles. The number of aromatic amines is 1. The maximum Gasteiger partial charge on any atom is 0.329 e. The molecule has 0 bridgehead atoms. The average Bonchev–Trinajstić information content (AvgIpc) is 2.39. The molecule has 0 saturated heterocycles. The van der Waals surface area contributed by atoms with E-state index in [2.05, 4.69) is 26.2 Å². The van der Waals surface area contributed by atoms with Crippen molar-refractivity contribution in [2.75, 3.05) is 6.61 Å². The van der Waals surface area contributed by atoms with E-state index in [1.807, 2.05) is 0 Å². The number of ether oxygens (including phenoxy) is 1. The van der Waals surface area contributed by atoms with Gasteiger partial charge in [-0.15, -0.1) is 10.2 Å². The Kier molecular flexibility index (Phi) is 2.56. The molecule has 59 valence electrons. The molecule has 0 amide bonds. The maximum atomic E-state index is 9.95. The summed E-state index contributed by atoms with van der Waals surface area (Å²) >= 11 is 0. The molecule has 0 aliphatic carbocycles. The molecular formula is C5H6N3O3. The Labute approximate surface area is 62.2 Å². The van der Waals surface area contributed by atoms with Crippen molar-refractivity contribution in [2.24, 2.45) is 0 Å². The largest absolute Gasteiger partial charge is 0.480 e. The van der Waals surface area contributed by atoms with Gasteiger partial charge in [-0.1, -0.05) is 0 Å². The Morgan fingerprint density at radius 3 is 3.18 bits per heavy atom. The van der Waals surface area contributed by atoms with E-state index in [9.17, 15) is 4.79 Å². The molecule has 0 aromatic carbocycles. The summed E-state index contributed by atoms with van der Waals surface area (Å²) in [5.41, 5.74) is 0. The lowest BCUT2D eigenvalue weighted by Crippen LogP contribution is -2.07. The van der Waals surface area contributed by atoms with Crippen molar-refractivity contribution in [2.45, 2.75) is 6.61 Å². The van der Waals surface area contributed by atoms with E-state index in [4.69, 9.17) is 5.11 Å². The minimum atomic E-state index is -1.01. The van der Waals surface area contributed by atoms with Crippen molar-refractivity contribution in [1.82, 2.24) is 15.2 Å². The van der Waals surface area contributed by atoms with Crippen LogP contribution in [0, 0.1) is 6.33 Å². The van der Waals surface area contributed by atoms with E-state index in [0.717, 1.165) is 0 Å². The predicted molar refractivity (Wildman–Crippen MR) is 32.5 cm³/mol. The third-order valence-corrected chi connectivity index (χ3v) is 0.885. The van der Waals surface area contributed by atoms with E-state index in [1.54, 1.807) is 0 Å². The molecule has 11 heavy (non-hydrogen) atoms. The minimum absolute atomic E-state index is 0.114. The zero-order valence-electron chi connectivity index (χ0n) is 5.57. The predicted octanol–water partition coefficient (Wildman–Crippen LogP) is -0.794. The number of aromatic nitrogens is 3. The first-order valence-electron chi connectivity index (χ1n) is 2.86. The molecule has 1 radical (unpaired) electrons. The van der Waals surface area contributed by atoms with Crippen LogP contribution in [0.4, 0.5) is 0 Å². The van der Waals surface area contributed by atoms with Crippen LogP contribution in [0.2, 0.25) is 0 Å². The number of nitrogens with zero attached hydrogens (tertiary/aromatic N) is 2. The van der Waals surface area contributed by atoms with E-state index >= 15 is 0 Å². The van der Waals surface area contributed by atoms with Gasteiger partial charge in [-0.2, -0.15) is 0 Å². The monoisotopic (exact) mass is 156 g/mol. The number of aliphatic carboxylic acids is 1. The van der Waals surface area contributed by atoms with Gasteiger partial charge in [0.05, 0.1) is 0 Å². The molecule has 6 heteroatoms. The van der Waals surface area contributed by atoms with E-state index in [1.165, 1.54) is 0 Å². The fourth-order valence-corrected chi connectivity index (χ4v) is 0.500. The number of rotatable bonds is 4. The molecular weight excluding hydrogens is 150 g/mol. The minimum Gasteiger partial charge on any atom is -0.480 e. The van der Waals surface area contributed by atoms with Crippen LogP contribution >= 0.6 is 0 Å². The van der Waals surface area contributed by atoms with Gasteiger partial charge in [0.15, 0.2) is 12.2 Å². The van der Waals surface area contributed by atoms with Crippen molar-refractivity contribution in [3.8, 4) is 0 Å². The molecule has 0 unspecified atom stereocenters. The number of carbonyl (C=O) groups is 1. The quantitative estimate of drug-likeness (QED) is 0.596. The Hall–Kier alpha value is -1.43. The van der Waals surface area contributed by atoms with Crippen LogP contribution in [0.1, 0.15) is 5.82 Å². The molecule has 6 nitrogen and oxygen atoms in total. The van der Waals surface area contributed by atoms with Crippen LogP contribution in [0.5, 0.6) is 0 Å². The Morgan fingerprint density at radius 1 is 1.82 bits per heavy atom. The van der Waals surface area contributed by atoms with Crippen molar-refractivity contribution in [1.29, 1.82) is 0 Å². The summed E-state index contributed by atoms with van der Waals surface area (Å²) in [5.74, 6) is -0.542. The second kappa shape index (κ2) is 3.67. The van der Waals surface area contributed by atoms with Gasteiger partial charge < -0.3 is 14.8 Å². The first-order chi connectivity index (χ1) is 5.29. The Morgan fingerprint density at radius 2 is 2.64 bits per heavy atom. The molecule has 1 aromatic rings. The molecule has 0 aliphatic heterocycles. The number of carboxylic acid groups (broad SMARTS) is 1. The van der Waals surface area contributed by atoms with Crippen LogP contribution in [0.25, 0.3) is 0 Å². The van der Waals surface area contributed by atoms with Crippen molar-refractivity contribution >= 4 is 5.97 Å². The molecule has 0 atom stereocenters. The highest BCUT2D eigenvalue weighted by Crippen LogP contribution is 1.88. The summed E-state index contributed by atoms with van der Waals surface area (Å²) in [4.78, 5) is 12.5. The number of hydrogen-bond acceptors (Lipinski definition) is 4. The molecule has 2 N–H and O–H groups in total. The second-order valence-corrected chi connectivity index (χ2v) is 1.77. The highest BCUT2D eigenvalue weighted by Gasteiger charge is 1.98. The van der Waals surface area contributed by atoms with Crippen LogP contribution in [-0.4, -0.2) is 32.9 Å². The molecule has 1 rings (SSSR count). The van der Waals surface area contributed by atoms with Gasteiger partial charge in [0, 0.05) is 0 Å². The Balaban J connectivity index is 2.19. The standard InChI is InChI=1S/C5H6N3O3/c9-5(10)2-11-1-4-6-3-7-8-4/h1-2H2,(H,9,10)(H,6,7,8). The zero-order chi connectivity index (χ0) is 8.10. The molecule has 0 saturated carbocycles. The first kappa shape index (κ1) is 7.67. The van der Waals surface area contributed by atoms with Crippen LogP contribution in [-0.2, 0) is 16.1 Å². The van der Waals surface area contributed by atoms with Gasteiger partial charge in [0.25, 0.3) is 0 Å².